The van der Waals surface area contributed by atoms with E-state index in [9.17, 15) is 17.6 Å². The molecular weight excluding hydrogens is 453 g/mol. The van der Waals surface area contributed by atoms with Gasteiger partial charge in [-0.3, -0.25) is 0 Å². The summed E-state index contributed by atoms with van der Waals surface area (Å²) in [4.78, 5) is 16.6. The Balaban J connectivity index is 1.44. The van der Waals surface area contributed by atoms with Gasteiger partial charge >= 0.3 is 5.97 Å². The summed E-state index contributed by atoms with van der Waals surface area (Å²) >= 11 is 2.69. The molecule has 0 bridgehead atoms. The quantitative estimate of drug-likeness (QED) is 0.508. The first kappa shape index (κ1) is 21.0. The molecule has 1 aromatic carbocycles. The number of ether oxygens (including phenoxy) is 1. The number of thiophene rings is 1. The van der Waals surface area contributed by atoms with Crippen molar-refractivity contribution in [1.29, 1.82) is 0 Å². The molecule has 2 aromatic heterocycles. The second-order valence-electron chi connectivity index (χ2n) is 6.23. The highest BCUT2D eigenvalue weighted by atomic mass is 32.2. The number of thioether (sulfide) groups is 1. The molecule has 8 nitrogen and oxygen atoms in total. The van der Waals surface area contributed by atoms with Crippen molar-refractivity contribution in [3.63, 3.8) is 0 Å². The minimum Gasteiger partial charge on any atom is -0.453 e. The maximum atomic E-state index is 13.0. The number of carbonyl (C=O) groups excluding carboxylic acids is 1. The molecule has 0 amide bonds. The van der Waals surface area contributed by atoms with Crippen molar-refractivity contribution < 1.29 is 26.9 Å². The SMILES string of the molecule is O=C(OCc1noc(-c2ccc(F)cc2)n1)c1sccc1S(=O)(=O)N1CCSCC1. The van der Waals surface area contributed by atoms with Crippen LogP contribution in [0.2, 0.25) is 0 Å². The van der Waals surface area contributed by atoms with Gasteiger partial charge in [-0.2, -0.15) is 21.1 Å². The van der Waals surface area contributed by atoms with Crippen LogP contribution in [0.15, 0.2) is 45.1 Å². The van der Waals surface area contributed by atoms with Crippen molar-refractivity contribution in [1.82, 2.24) is 14.4 Å². The fourth-order valence-corrected chi connectivity index (χ4v) is 6.65. The largest absolute Gasteiger partial charge is 0.453 e. The number of sulfonamides is 1. The summed E-state index contributed by atoms with van der Waals surface area (Å²) in [5.41, 5.74) is 0.521. The molecule has 1 saturated heterocycles. The molecule has 0 radical (unpaired) electrons. The first-order valence-corrected chi connectivity index (χ1v) is 12.3. The van der Waals surface area contributed by atoms with Gasteiger partial charge in [0.05, 0.1) is 0 Å². The number of hydrogen-bond acceptors (Lipinski definition) is 9. The molecule has 0 unspecified atom stereocenters. The van der Waals surface area contributed by atoms with E-state index in [-0.39, 0.29) is 28.1 Å². The molecule has 0 N–H and O–H groups in total. The van der Waals surface area contributed by atoms with E-state index in [0.717, 1.165) is 22.8 Å². The monoisotopic (exact) mass is 469 g/mol. The van der Waals surface area contributed by atoms with Gasteiger partial charge < -0.3 is 9.26 Å². The first-order chi connectivity index (χ1) is 14.4. The van der Waals surface area contributed by atoms with E-state index in [1.54, 1.807) is 17.1 Å². The molecule has 0 spiro atoms. The van der Waals surface area contributed by atoms with Crippen LogP contribution < -0.4 is 0 Å². The summed E-state index contributed by atoms with van der Waals surface area (Å²) in [6.45, 7) is 0.528. The van der Waals surface area contributed by atoms with E-state index < -0.39 is 21.8 Å². The number of benzene rings is 1. The smallest absolute Gasteiger partial charge is 0.350 e. The first-order valence-electron chi connectivity index (χ1n) is 8.86. The zero-order valence-corrected chi connectivity index (χ0v) is 17.9. The Kier molecular flexibility index (Phi) is 6.18. The van der Waals surface area contributed by atoms with Crippen LogP contribution in [0.5, 0.6) is 0 Å². The molecule has 4 rings (SSSR count). The lowest BCUT2D eigenvalue weighted by molar-refractivity contribution is 0.0461. The summed E-state index contributed by atoms with van der Waals surface area (Å²) in [7, 11) is -3.76. The highest BCUT2D eigenvalue weighted by Crippen LogP contribution is 2.28. The van der Waals surface area contributed by atoms with Crippen LogP contribution in [0.3, 0.4) is 0 Å². The molecule has 1 aliphatic rings. The highest BCUT2D eigenvalue weighted by molar-refractivity contribution is 7.99. The number of nitrogens with zero attached hydrogens (tertiary/aromatic N) is 3. The van der Waals surface area contributed by atoms with E-state index in [1.165, 1.54) is 34.6 Å². The molecule has 30 heavy (non-hydrogen) atoms. The number of carbonyl (C=O) groups is 1. The van der Waals surface area contributed by atoms with Crippen LogP contribution in [0.4, 0.5) is 4.39 Å². The Hall–Kier alpha value is -2.28. The van der Waals surface area contributed by atoms with Gasteiger partial charge in [0.15, 0.2) is 6.61 Å². The van der Waals surface area contributed by atoms with Crippen molar-refractivity contribution in [3.05, 3.63) is 52.2 Å². The Morgan fingerprint density at radius 3 is 2.67 bits per heavy atom. The fourth-order valence-electron chi connectivity index (χ4n) is 2.79. The van der Waals surface area contributed by atoms with Crippen LogP contribution in [0.25, 0.3) is 11.5 Å². The number of hydrogen-bond donors (Lipinski definition) is 0. The van der Waals surface area contributed by atoms with Crippen molar-refractivity contribution in [2.24, 2.45) is 0 Å². The number of aromatic nitrogens is 2. The summed E-state index contributed by atoms with van der Waals surface area (Å²) in [5.74, 6) is 0.537. The minimum absolute atomic E-state index is 0.00970. The third-order valence-corrected chi connectivity index (χ3v) is 8.20. The van der Waals surface area contributed by atoms with Crippen LogP contribution in [0, 0.1) is 5.82 Å². The molecule has 0 atom stereocenters. The Morgan fingerprint density at radius 1 is 1.20 bits per heavy atom. The Labute approximate surface area is 180 Å². The summed E-state index contributed by atoms with van der Waals surface area (Å²) in [6.07, 6.45) is 0. The predicted molar refractivity (Wildman–Crippen MR) is 109 cm³/mol. The number of halogens is 1. The van der Waals surface area contributed by atoms with Gasteiger partial charge in [0, 0.05) is 30.2 Å². The average molecular weight is 470 g/mol. The van der Waals surface area contributed by atoms with Gasteiger partial charge in [-0.1, -0.05) is 5.16 Å². The van der Waals surface area contributed by atoms with Gasteiger partial charge in [0.1, 0.15) is 15.6 Å². The normalized spacial score (nSPS) is 15.2. The fraction of sp³-hybridized carbons (Fsp3) is 0.278. The second kappa shape index (κ2) is 8.84. The zero-order chi connectivity index (χ0) is 21.1. The van der Waals surface area contributed by atoms with Crippen molar-refractivity contribution in [2.45, 2.75) is 11.5 Å². The van der Waals surface area contributed by atoms with E-state index in [0.29, 0.717) is 18.7 Å². The van der Waals surface area contributed by atoms with Crippen LogP contribution in [-0.2, 0) is 21.4 Å². The summed E-state index contributed by atoms with van der Waals surface area (Å²) in [5, 5.41) is 5.28. The second-order valence-corrected chi connectivity index (χ2v) is 10.3. The Morgan fingerprint density at radius 2 is 1.93 bits per heavy atom. The summed E-state index contributed by atoms with van der Waals surface area (Å²) in [6, 6.07) is 6.92. The van der Waals surface area contributed by atoms with Gasteiger partial charge in [-0.15, -0.1) is 11.3 Å². The molecule has 3 heterocycles. The molecule has 1 fully saturated rings. The van der Waals surface area contributed by atoms with Gasteiger partial charge in [-0.25, -0.2) is 17.6 Å². The molecular formula is C18H16FN3O5S3. The van der Waals surface area contributed by atoms with Crippen LogP contribution >= 0.6 is 23.1 Å². The van der Waals surface area contributed by atoms with Gasteiger partial charge in [0.25, 0.3) is 5.89 Å². The lowest BCUT2D eigenvalue weighted by atomic mass is 10.2. The Bertz CT molecular complexity index is 1140. The lowest BCUT2D eigenvalue weighted by Gasteiger charge is -2.25. The van der Waals surface area contributed by atoms with Gasteiger partial charge in [0.2, 0.25) is 15.8 Å². The summed E-state index contributed by atoms with van der Waals surface area (Å²) < 4.78 is 50.5. The number of rotatable bonds is 6. The minimum atomic E-state index is -3.76. The third kappa shape index (κ3) is 4.41. The highest BCUT2D eigenvalue weighted by Gasteiger charge is 2.31. The molecule has 12 heteroatoms. The molecule has 1 aliphatic heterocycles. The standard InChI is InChI=1S/C18H16FN3O5S3/c19-13-3-1-12(2-4-13)17-20-15(21-27-17)11-26-18(23)16-14(5-8-29-16)30(24,25)22-6-9-28-10-7-22/h1-5,8H,6-7,9-11H2. The van der Waals surface area contributed by atoms with Crippen molar-refractivity contribution in [3.8, 4) is 11.5 Å². The third-order valence-electron chi connectivity index (χ3n) is 4.29. The van der Waals surface area contributed by atoms with E-state index >= 15 is 0 Å². The van der Waals surface area contributed by atoms with Crippen LogP contribution in [-0.4, -0.2) is 53.4 Å². The number of esters is 1. The maximum absolute atomic E-state index is 13.0. The topological polar surface area (TPSA) is 103 Å². The molecule has 0 saturated carbocycles. The lowest BCUT2D eigenvalue weighted by Crippen LogP contribution is -2.38. The average Bonchev–Trinajstić information content (AvgIpc) is 3.43. The predicted octanol–water partition coefficient (Wildman–Crippen LogP) is 3.03. The van der Waals surface area contributed by atoms with E-state index in [1.807, 2.05) is 0 Å². The van der Waals surface area contributed by atoms with Crippen LogP contribution in [0.1, 0.15) is 15.5 Å². The molecule has 0 aliphatic carbocycles. The van der Waals surface area contributed by atoms with Crippen molar-refractivity contribution in [2.75, 3.05) is 24.6 Å². The van der Waals surface area contributed by atoms with E-state index in [2.05, 4.69) is 10.1 Å². The van der Waals surface area contributed by atoms with E-state index in [4.69, 9.17) is 9.26 Å². The zero-order valence-electron chi connectivity index (χ0n) is 15.5. The maximum Gasteiger partial charge on any atom is 0.350 e. The van der Waals surface area contributed by atoms with Gasteiger partial charge in [-0.05, 0) is 35.7 Å². The molecule has 158 valence electrons. The van der Waals surface area contributed by atoms with Crippen molar-refractivity contribution >= 4 is 39.1 Å². The molecule has 3 aromatic rings.